The van der Waals surface area contributed by atoms with Gasteiger partial charge in [0.05, 0.1) is 6.61 Å². The molecule has 0 aliphatic carbocycles. The van der Waals surface area contributed by atoms with Gasteiger partial charge in [-0.1, -0.05) is 18.2 Å². The number of aromatic nitrogens is 2. The summed E-state index contributed by atoms with van der Waals surface area (Å²) in [5, 5.41) is 3.17. The molecule has 0 spiro atoms. The number of nitrogens with one attached hydrogen (secondary N) is 1. The third-order valence-electron chi connectivity index (χ3n) is 3.45. The van der Waals surface area contributed by atoms with Gasteiger partial charge in [-0.2, -0.15) is 0 Å². The van der Waals surface area contributed by atoms with Gasteiger partial charge in [-0.3, -0.25) is 0 Å². The fourth-order valence-corrected chi connectivity index (χ4v) is 2.36. The Balaban J connectivity index is 1.95. The Labute approximate surface area is 140 Å². The maximum Gasteiger partial charge on any atom is 0.174 e. The van der Waals surface area contributed by atoms with Gasteiger partial charge in [0.2, 0.25) is 0 Å². The van der Waals surface area contributed by atoms with Gasteiger partial charge >= 0.3 is 0 Å². The maximum atomic E-state index is 13.4. The number of anilines is 2. The zero-order valence-electron chi connectivity index (χ0n) is 13.6. The highest BCUT2D eigenvalue weighted by Gasteiger charge is 2.10. The van der Waals surface area contributed by atoms with Crippen molar-refractivity contribution >= 4 is 11.6 Å². The Morgan fingerprint density at radius 3 is 2.67 bits per heavy atom. The molecule has 1 N–H and O–H groups in total. The van der Waals surface area contributed by atoms with Gasteiger partial charge in [0.15, 0.2) is 11.6 Å². The van der Waals surface area contributed by atoms with Crippen molar-refractivity contribution in [3.05, 3.63) is 66.2 Å². The fraction of sp³-hybridized carbons (Fsp3) is 0.158. The van der Waals surface area contributed by atoms with Crippen LogP contribution in [0.2, 0.25) is 0 Å². The first kappa shape index (κ1) is 15.9. The molecule has 122 valence electrons. The normalized spacial score (nSPS) is 10.5. The van der Waals surface area contributed by atoms with Crippen molar-refractivity contribution in [2.45, 2.75) is 13.8 Å². The standard InChI is InChI=1S/C19H18FN3O/c1-3-24-17-11-15(14-7-5-8-16(20)10-14)12-21-19(17)23-18-9-4-6-13(2)22-18/h4-12H,3H2,1-2H3,(H,21,22,23). The van der Waals surface area contributed by atoms with Crippen LogP contribution >= 0.6 is 0 Å². The predicted octanol–water partition coefficient (Wildman–Crippen LogP) is 4.73. The smallest absolute Gasteiger partial charge is 0.174 e. The van der Waals surface area contributed by atoms with E-state index in [9.17, 15) is 4.39 Å². The van der Waals surface area contributed by atoms with Crippen molar-refractivity contribution in [1.29, 1.82) is 0 Å². The predicted molar refractivity (Wildman–Crippen MR) is 93.1 cm³/mol. The summed E-state index contributed by atoms with van der Waals surface area (Å²) in [6.45, 7) is 4.34. The molecule has 3 rings (SSSR count). The maximum absolute atomic E-state index is 13.4. The molecule has 2 heterocycles. The second-order valence-corrected chi connectivity index (χ2v) is 5.30. The highest BCUT2D eigenvalue weighted by atomic mass is 19.1. The molecule has 4 nitrogen and oxygen atoms in total. The van der Waals surface area contributed by atoms with Crippen LogP contribution in [0.3, 0.4) is 0 Å². The van der Waals surface area contributed by atoms with E-state index < -0.39 is 0 Å². The second kappa shape index (κ2) is 7.08. The molecule has 0 radical (unpaired) electrons. The lowest BCUT2D eigenvalue weighted by Gasteiger charge is -2.13. The van der Waals surface area contributed by atoms with E-state index in [1.165, 1.54) is 12.1 Å². The van der Waals surface area contributed by atoms with E-state index >= 15 is 0 Å². The monoisotopic (exact) mass is 323 g/mol. The zero-order chi connectivity index (χ0) is 16.9. The first-order valence-electron chi connectivity index (χ1n) is 7.75. The second-order valence-electron chi connectivity index (χ2n) is 5.30. The highest BCUT2D eigenvalue weighted by molar-refractivity contribution is 5.69. The number of ether oxygens (including phenoxy) is 1. The molecule has 3 aromatic rings. The number of halogens is 1. The van der Waals surface area contributed by atoms with Crippen LogP contribution in [0.4, 0.5) is 16.0 Å². The van der Waals surface area contributed by atoms with E-state index in [1.54, 1.807) is 12.3 Å². The van der Waals surface area contributed by atoms with E-state index in [2.05, 4.69) is 15.3 Å². The molecule has 0 unspecified atom stereocenters. The molecule has 0 bridgehead atoms. The average Bonchev–Trinajstić information content (AvgIpc) is 2.57. The lowest BCUT2D eigenvalue weighted by Crippen LogP contribution is -2.02. The van der Waals surface area contributed by atoms with Crippen LogP contribution in [0.5, 0.6) is 5.75 Å². The summed E-state index contributed by atoms with van der Waals surface area (Å²) in [6, 6.07) is 14.0. The summed E-state index contributed by atoms with van der Waals surface area (Å²) in [5.74, 6) is 1.59. The number of hydrogen-bond donors (Lipinski definition) is 1. The summed E-state index contributed by atoms with van der Waals surface area (Å²) < 4.78 is 19.1. The van der Waals surface area contributed by atoms with E-state index in [1.807, 2.05) is 44.2 Å². The van der Waals surface area contributed by atoms with Gasteiger partial charge in [0, 0.05) is 17.5 Å². The number of benzene rings is 1. The summed E-state index contributed by atoms with van der Waals surface area (Å²) in [4.78, 5) is 8.84. The van der Waals surface area contributed by atoms with Crippen molar-refractivity contribution in [2.24, 2.45) is 0 Å². The van der Waals surface area contributed by atoms with Crippen LogP contribution in [0.15, 0.2) is 54.7 Å². The molecule has 0 atom stereocenters. The van der Waals surface area contributed by atoms with Crippen LogP contribution < -0.4 is 10.1 Å². The van der Waals surface area contributed by atoms with Gasteiger partial charge < -0.3 is 10.1 Å². The largest absolute Gasteiger partial charge is 0.490 e. The molecule has 0 saturated carbocycles. The van der Waals surface area contributed by atoms with Crippen LogP contribution in [0.1, 0.15) is 12.6 Å². The molecule has 0 fully saturated rings. The molecule has 0 aliphatic heterocycles. The Morgan fingerprint density at radius 1 is 1.08 bits per heavy atom. The molecule has 1 aromatic carbocycles. The number of rotatable bonds is 5. The number of hydrogen-bond acceptors (Lipinski definition) is 4. The van der Waals surface area contributed by atoms with Gasteiger partial charge in [-0.15, -0.1) is 0 Å². The quantitative estimate of drug-likeness (QED) is 0.737. The molecule has 0 saturated heterocycles. The average molecular weight is 323 g/mol. The Kier molecular flexibility index (Phi) is 4.70. The van der Waals surface area contributed by atoms with Crippen LogP contribution in [0.25, 0.3) is 11.1 Å². The Hall–Kier alpha value is -2.95. The van der Waals surface area contributed by atoms with E-state index in [4.69, 9.17) is 4.74 Å². The van der Waals surface area contributed by atoms with Crippen LogP contribution in [-0.4, -0.2) is 16.6 Å². The van der Waals surface area contributed by atoms with Crippen molar-refractivity contribution < 1.29 is 9.13 Å². The summed E-state index contributed by atoms with van der Waals surface area (Å²) in [6.07, 6.45) is 1.69. The third-order valence-corrected chi connectivity index (χ3v) is 3.45. The van der Waals surface area contributed by atoms with E-state index in [0.717, 1.165) is 16.8 Å². The highest BCUT2D eigenvalue weighted by Crippen LogP contribution is 2.30. The minimum Gasteiger partial charge on any atom is -0.490 e. The molecule has 2 aromatic heterocycles. The molecule has 0 amide bonds. The van der Waals surface area contributed by atoms with Crippen molar-refractivity contribution in [3.8, 4) is 16.9 Å². The van der Waals surface area contributed by atoms with Crippen LogP contribution in [-0.2, 0) is 0 Å². The van der Waals surface area contributed by atoms with E-state index in [-0.39, 0.29) is 5.82 Å². The first-order valence-corrected chi connectivity index (χ1v) is 7.75. The number of aryl methyl sites for hydroxylation is 1. The Morgan fingerprint density at radius 2 is 1.92 bits per heavy atom. The minimum atomic E-state index is -0.281. The van der Waals surface area contributed by atoms with Gasteiger partial charge in [-0.05, 0) is 49.7 Å². The topological polar surface area (TPSA) is 47.0 Å². The third kappa shape index (κ3) is 3.68. The summed E-state index contributed by atoms with van der Waals surface area (Å²) in [7, 11) is 0. The van der Waals surface area contributed by atoms with Gasteiger partial charge in [-0.25, -0.2) is 14.4 Å². The lowest BCUT2D eigenvalue weighted by molar-refractivity contribution is 0.341. The van der Waals surface area contributed by atoms with Gasteiger partial charge in [0.25, 0.3) is 0 Å². The first-order chi connectivity index (χ1) is 11.7. The lowest BCUT2D eigenvalue weighted by atomic mass is 10.1. The molecule has 24 heavy (non-hydrogen) atoms. The molecule has 0 aliphatic rings. The van der Waals surface area contributed by atoms with Crippen molar-refractivity contribution in [3.63, 3.8) is 0 Å². The SMILES string of the molecule is CCOc1cc(-c2cccc(F)c2)cnc1Nc1cccc(C)n1. The number of nitrogens with zero attached hydrogens (tertiary/aromatic N) is 2. The molecular formula is C19H18FN3O. The van der Waals surface area contributed by atoms with Crippen molar-refractivity contribution in [1.82, 2.24) is 9.97 Å². The Bertz CT molecular complexity index is 852. The molecule has 5 heteroatoms. The fourth-order valence-electron chi connectivity index (χ4n) is 2.36. The zero-order valence-corrected chi connectivity index (χ0v) is 13.6. The van der Waals surface area contributed by atoms with Crippen LogP contribution in [0, 0.1) is 12.7 Å². The number of pyridine rings is 2. The van der Waals surface area contributed by atoms with Gasteiger partial charge in [0.1, 0.15) is 11.6 Å². The summed E-state index contributed by atoms with van der Waals surface area (Å²) in [5.41, 5.74) is 2.46. The van der Waals surface area contributed by atoms with Crippen molar-refractivity contribution in [2.75, 3.05) is 11.9 Å². The minimum absolute atomic E-state index is 0.281. The molecular weight excluding hydrogens is 305 g/mol. The van der Waals surface area contributed by atoms with E-state index in [0.29, 0.717) is 24.0 Å². The summed E-state index contributed by atoms with van der Waals surface area (Å²) >= 11 is 0.